The van der Waals surface area contributed by atoms with Gasteiger partial charge < -0.3 is 14.8 Å². The van der Waals surface area contributed by atoms with Crippen molar-refractivity contribution in [1.29, 1.82) is 0 Å². The van der Waals surface area contributed by atoms with Crippen molar-refractivity contribution in [3.8, 4) is 0 Å². The van der Waals surface area contributed by atoms with Crippen LogP contribution in [0.1, 0.15) is 40.0 Å². The van der Waals surface area contributed by atoms with Gasteiger partial charge in [0.2, 0.25) is 0 Å². The van der Waals surface area contributed by atoms with E-state index >= 15 is 0 Å². The van der Waals surface area contributed by atoms with Gasteiger partial charge in [-0.1, -0.05) is 20.8 Å². The van der Waals surface area contributed by atoms with E-state index in [2.05, 4.69) is 31.0 Å². The molecule has 2 heterocycles. The third-order valence-electron chi connectivity index (χ3n) is 4.97. The normalized spacial score (nSPS) is 27.1. The Morgan fingerprint density at radius 1 is 1.19 bits per heavy atom. The van der Waals surface area contributed by atoms with E-state index in [9.17, 15) is 0 Å². The zero-order chi connectivity index (χ0) is 15.1. The Labute approximate surface area is 130 Å². The molecule has 2 aliphatic heterocycles. The molecule has 1 atom stereocenters. The molecule has 0 bridgehead atoms. The zero-order valence-corrected chi connectivity index (χ0v) is 14.2. The van der Waals surface area contributed by atoms with Crippen LogP contribution in [0, 0.1) is 11.3 Å². The van der Waals surface area contributed by atoms with Gasteiger partial charge in [0, 0.05) is 38.9 Å². The molecule has 4 nitrogen and oxygen atoms in total. The summed E-state index contributed by atoms with van der Waals surface area (Å²) in [6.07, 6.45) is 3.56. The van der Waals surface area contributed by atoms with E-state index in [0.717, 1.165) is 46.1 Å². The van der Waals surface area contributed by atoms with E-state index in [-0.39, 0.29) is 0 Å². The standard InChI is InChI=1S/C17H34N2O2/c1-4-16-12-21-10-7-19(16)14-17(5-8-20-9-6-17)13-18-11-15(2)3/h15-16,18H,4-14H2,1-3H3. The first kappa shape index (κ1) is 17.2. The molecule has 2 rings (SSSR count). The van der Waals surface area contributed by atoms with Crippen molar-refractivity contribution in [2.75, 3.05) is 52.6 Å². The molecule has 0 aromatic carbocycles. The molecule has 2 fully saturated rings. The van der Waals surface area contributed by atoms with Gasteiger partial charge in [0.25, 0.3) is 0 Å². The van der Waals surface area contributed by atoms with Gasteiger partial charge in [0.15, 0.2) is 0 Å². The number of nitrogens with zero attached hydrogens (tertiary/aromatic N) is 1. The highest BCUT2D eigenvalue weighted by molar-refractivity contribution is 4.90. The molecule has 2 saturated heterocycles. The zero-order valence-electron chi connectivity index (χ0n) is 14.2. The van der Waals surface area contributed by atoms with Gasteiger partial charge in [-0.3, -0.25) is 4.90 Å². The van der Waals surface area contributed by atoms with E-state index in [4.69, 9.17) is 9.47 Å². The van der Waals surface area contributed by atoms with Crippen molar-refractivity contribution >= 4 is 0 Å². The van der Waals surface area contributed by atoms with Crippen LogP contribution in [0.2, 0.25) is 0 Å². The molecule has 0 aromatic heterocycles. The third kappa shape index (κ3) is 5.20. The fraction of sp³-hybridized carbons (Fsp3) is 1.00. The summed E-state index contributed by atoms with van der Waals surface area (Å²) in [6.45, 7) is 15.0. The Morgan fingerprint density at radius 2 is 1.95 bits per heavy atom. The van der Waals surface area contributed by atoms with Gasteiger partial charge in [-0.05, 0) is 37.1 Å². The molecule has 0 saturated carbocycles. The quantitative estimate of drug-likeness (QED) is 0.781. The van der Waals surface area contributed by atoms with Crippen LogP contribution in [-0.2, 0) is 9.47 Å². The first-order valence-electron chi connectivity index (χ1n) is 8.75. The minimum atomic E-state index is 0.387. The first-order valence-corrected chi connectivity index (χ1v) is 8.75. The van der Waals surface area contributed by atoms with Crippen LogP contribution < -0.4 is 5.32 Å². The molecular weight excluding hydrogens is 264 g/mol. The highest BCUT2D eigenvalue weighted by Crippen LogP contribution is 2.32. The van der Waals surface area contributed by atoms with E-state index in [0.29, 0.717) is 17.4 Å². The predicted octanol–water partition coefficient (Wildman–Crippen LogP) is 2.14. The van der Waals surface area contributed by atoms with Crippen molar-refractivity contribution < 1.29 is 9.47 Å². The summed E-state index contributed by atoms with van der Waals surface area (Å²) in [4.78, 5) is 2.67. The Hall–Kier alpha value is -0.160. The molecule has 0 spiro atoms. The SMILES string of the molecule is CCC1COCCN1CC1(CNCC(C)C)CCOCC1. The van der Waals surface area contributed by atoms with E-state index in [1.807, 2.05) is 0 Å². The van der Waals surface area contributed by atoms with Crippen LogP contribution in [0.25, 0.3) is 0 Å². The Balaban J connectivity index is 1.94. The lowest BCUT2D eigenvalue weighted by atomic mass is 9.79. The van der Waals surface area contributed by atoms with Gasteiger partial charge in [0.1, 0.15) is 0 Å². The van der Waals surface area contributed by atoms with E-state index < -0.39 is 0 Å². The molecule has 0 amide bonds. The third-order valence-corrected chi connectivity index (χ3v) is 4.97. The van der Waals surface area contributed by atoms with Crippen molar-refractivity contribution in [1.82, 2.24) is 10.2 Å². The molecule has 0 radical (unpaired) electrons. The highest BCUT2D eigenvalue weighted by atomic mass is 16.5. The van der Waals surface area contributed by atoms with Crippen LogP contribution >= 0.6 is 0 Å². The minimum absolute atomic E-state index is 0.387. The molecule has 21 heavy (non-hydrogen) atoms. The lowest BCUT2D eigenvalue weighted by Gasteiger charge is -2.45. The summed E-state index contributed by atoms with van der Waals surface area (Å²) in [7, 11) is 0. The number of nitrogens with one attached hydrogen (secondary N) is 1. The largest absolute Gasteiger partial charge is 0.381 e. The van der Waals surface area contributed by atoms with Crippen LogP contribution in [0.5, 0.6) is 0 Å². The second kappa shape index (κ2) is 8.47. The highest BCUT2D eigenvalue weighted by Gasteiger charge is 2.36. The van der Waals surface area contributed by atoms with Crippen molar-refractivity contribution in [2.45, 2.75) is 46.1 Å². The first-order chi connectivity index (χ1) is 10.2. The smallest absolute Gasteiger partial charge is 0.0622 e. The van der Waals surface area contributed by atoms with Crippen molar-refractivity contribution in [3.05, 3.63) is 0 Å². The number of morpholine rings is 1. The van der Waals surface area contributed by atoms with Gasteiger partial charge >= 0.3 is 0 Å². The fourth-order valence-corrected chi connectivity index (χ4v) is 3.53. The van der Waals surface area contributed by atoms with Gasteiger partial charge in [-0.2, -0.15) is 0 Å². The number of ether oxygens (including phenoxy) is 2. The second-order valence-corrected chi connectivity index (χ2v) is 7.24. The van der Waals surface area contributed by atoms with Crippen molar-refractivity contribution in [3.63, 3.8) is 0 Å². The topological polar surface area (TPSA) is 33.7 Å². The molecule has 2 aliphatic rings. The summed E-state index contributed by atoms with van der Waals surface area (Å²) in [5, 5.41) is 3.70. The second-order valence-electron chi connectivity index (χ2n) is 7.24. The van der Waals surface area contributed by atoms with Crippen LogP contribution in [0.3, 0.4) is 0 Å². The van der Waals surface area contributed by atoms with Gasteiger partial charge in [-0.25, -0.2) is 0 Å². The van der Waals surface area contributed by atoms with Crippen LogP contribution in [0.15, 0.2) is 0 Å². The molecule has 4 heteroatoms. The van der Waals surface area contributed by atoms with E-state index in [1.54, 1.807) is 0 Å². The summed E-state index contributed by atoms with van der Waals surface area (Å²) >= 11 is 0. The number of hydrogen-bond donors (Lipinski definition) is 1. The Kier molecular flexibility index (Phi) is 6.93. The van der Waals surface area contributed by atoms with E-state index in [1.165, 1.54) is 25.8 Å². The van der Waals surface area contributed by atoms with Gasteiger partial charge in [0.05, 0.1) is 13.2 Å². The number of rotatable bonds is 7. The van der Waals surface area contributed by atoms with Gasteiger partial charge in [-0.15, -0.1) is 0 Å². The molecule has 0 aliphatic carbocycles. The molecular formula is C17H34N2O2. The average molecular weight is 298 g/mol. The molecule has 1 unspecified atom stereocenters. The minimum Gasteiger partial charge on any atom is -0.381 e. The van der Waals surface area contributed by atoms with Crippen LogP contribution in [-0.4, -0.2) is 63.5 Å². The molecule has 0 aromatic rings. The Bertz CT molecular complexity index is 291. The fourth-order valence-electron chi connectivity index (χ4n) is 3.53. The molecule has 124 valence electrons. The number of hydrogen-bond acceptors (Lipinski definition) is 4. The summed E-state index contributed by atoms with van der Waals surface area (Å²) < 4.78 is 11.3. The maximum Gasteiger partial charge on any atom is 0.0622 e. The lowest BCUT2D eigenvalue weighted by Crippen LogP contribution is -2.53. The average Bonchev–Trinajstić information content (AvgIpc) is 2.48. The van der Waals surface area contributed by atoms with Crippen molar-refractivity contribution in [2.24, 2.45) is 11.3 Å². The summed E-state index contributed by atoms with van der Waals surface area (Å²) in [6, 6.07) is 0.601. The monoisotopic (exact) mass is 298 g/mol. The maximum absolute atomic E-state index is 5.66. The van der Waals surface area contributed by atoms with Crippen LogP contribution in [0.4, 0.5) is 0 Å². The summed E-state index contributed by atoms with van der Waals surface area (Å²) in [5.74, 6) is 0.716. The Morgan fingerprint density at radius 3 is 2.62 bits per heavy atom. The molecule has 1 N–H and O–H groups in total. The maximum atomic E-state index is 5.66. The predicted molar refractivity (Wildman–Crippen MR) is 86.7 cm³/mol. The lowest BCUT2D eigenvalue weighted by molar-refractivity contribution is -0.0546. The summed E-state index contributed by atoms with van der Waals surface area (Å²) in [5.41, 5.74) is 0.387.